The standard InChI is InChI=1S/C12H22N2O2/c1-13-6-8-14(9-7-13)11(15)10-12(16-2)4-3-5-12/h3-10H2,1-2H3. The van der Waals surface area contributed by atoms with E-state index in [2.05, 4.69) is 11.9 Å². The number of amides is 1. The Morgan fingerprint density at radius 1 is 1.25 bits per heavy atom. The maximum Gasteiger partial charge on any atom is 0.225 e. The molecule has 0 aromatic heterocycles. The SMILES string of the molecule is COC1(CC(=O)N2CCN(C)CC2)CCC1. The molecule has 1 aliphatic carbocycles. The van der Waals surface area contributed by atoms with Gasteiger partial charge in [-0.1, -0.05) is 0 Å². The third kappa shape index (κ3) is 2.38. The third-order valence-corrected chi connectivity index (χ3v) is 4.03. The third-order valence-electron chi connectivity index (χ3n) is 4.03. The van der Waals surface area contributed by atoms with E-state index in [-0.39, 0.29) is 11.5 Å². The number of rotatable bonds is 3. The molecule has 2 aliphatic rings. The molecule has 92 valence electrons. The van der Waals surface area contributed by atoms with E-state index in [1.54, 1.807) is 7.11 Å². The summed E-state index contributed by atoms with van der Waals surface area (Å²) in [6.07, 6.45) is 3.86. The second-order valence-electron chi connectivity index (χ2n) is 5.10. The topological polar surface area (TPSA) is 32.8 Å². The molecular weight excluding hydrogens is 204 g/mol. The lowest BCUT2D eigenvalue weighted by Crippen LogP contribution is -2.50. The predicted octanol–water partition coefficient (Wildman–Crippen LogP) is 0.720. The lowest BCUT2D eigenvalue weighted by molar-refractivity contribution is -0.145. The van der Waals surface area contributed by atoms with Crippen LogP contribution in [0.3, 0.4) is 0 Å². The minimum absolute atomic E-state index is 0.125. The van der Waals surface area contributed by atoms with Crippen molar-refractivity contribution in [3.63, 3.8) is 0 Å². The van der Waals surface area contributed by atoms with Gasteiger partial charge in [0.25, 0.3) is 0 Å². The zero-order valence-corrected chi connectivity index (χ0v) is 10.4. The summed E-state index contributed by atoms with van der Waals surface area (Å²) in [4.78, 5) is 16.3. The van der Waals surface area contributed by atoms with Crippen molar-refractivity contribution >= 4 is 5.91 Å². The Kier molecular flexibility index (Phi) is 3.50. The summed E-state index contributed by atoms with van der Waals surface area (Å²) >= 11 is 0. The molecule has 2 fully saturated rings. The number of methoxy groups -OCH3 is 1. The van der Waals surface area contributed by atoms with Gasteiger partial charge in [-0.3, -0.25) is 4.79 Å². The van der Waals surface area contributed by atoms with Gasteiger partial charge in [-0.25, -0.2) is 0 Å². The number of carbonyl (C=O) groups is 1. The Morgan fingerprint density at radius 3 is 2.31 bits per heavy atom. The van der Waals surface area contributed by atoms with E-state index in [0.717, 1.165) is 39.0 Å². The molecule has 0 atom stereocenters. The molecule has 0 unspecified atom stereocenters. The molecule has 1 aliphatic heterocycles. The van der Waals surface area contributed by atoms with Crippen molar-refractivity contribution < 1.29 is 9.53 Å². The molecule has 0 aromatic carbocycles. The average molecular weight is 226 g/mol. The first-order valence-corrected chi connectivity index (χ1v) is 6.17. The van der Waals surface area contributed by atoms with Gasteiger partial charge >= 0.3 is 0 Å². The highest BCUT2D eigenvalue weighted by atomic mass is 16.5. The minimum atomic E-state index is -0.125. The maximum absolute atomic E-state index is 12.1. The Hall–Kier alpha value is -0.610. The molecule has 1 saturated heterocycles. The predicted molar refractivity (Wildman–Crippen MR) is 62.3 cm³/mol. The normalized spacial score (nSPS) is 25.2. The molecule has 1 amide bonds. The molecule has 0 aromatic rings. The van der Waals surface area contributed by atoms with Crippen LogP contribution in [0.25, 0.3) is 0 Å². The molecule has 4 nitrogen and oxygen atoms in total. The summed E-state index contributed by atoms with van der Waals surface area (Å²) in [5.74, 6) is 0.273. The largest absolute Gasteiger partial charge is 0.378 e. The van der Waals surface area contributed by atoms with E-state index >= 15 is 0 Å². The van der Waals surface area contributed by atoms with Crippen molar-refractivity contribution in [3.8, 4) is 0 Å². The van der Waals surface area contributed by atoms with E-state index in [1.165, 1.54) is 6.42 Å². The van der Waals surface area contributed by atoms with Crippen molar-refractivity contribution in [1.82, 2.24) is 9.80 Å². The van der Waals surface area contributed by atoms with Gasteiger partial charge in [-0.2, -0.15) is 0 Å². The van der Waals surface area contributed by atoms with Gasteiger partial charge < -0.3 is 14.5 Å². The molecule has 1 saturated carbocycles. The van der Waals surface area contributed by atoms with Crippen LogP contribution in [0.1, 0.15) is 25.7 Å². The molecular formula is C12H22N2O2. The number of ether oxygens (including phenoxy) is 1. The summed E-state index contributed by atoms with van der Waals surface area (Å²) in [5.41, 5.74) is -0.125. The lowest BCUT2D eigenvalue weighted by atomic mass is 9.77. The van der Waals surface area contributed by atoms with Gasteiger partial charge in [0.2, 0.25) is 5.91 Å². The Labute approximate surface area is 97.5 Å². The number of carbonyl (C=O) groups excluding carboxylic acids is 1. The van der Waals surface area contributed by atoms with Crippen LogP contribution in [-0.4, -0.2) is 61.6 Å². The summed E-state index contributed by atoms with van der Waals surface area (Å²) in [5, 5.41) is 0. The van der Waals surface area contributed by atoms with Gasteiger partial charge in [-0.15, -0.1) is 0 Å². The summed E-state index contributed by atoms with van der Waals surface area (Å²) < 4.78 is 5.50. The first kappa shape index (κ1) is 11.9. The van der Waals surface area contributed by atoms with Gasteiger partial charge in [0, 0.05) is 33.3 Å². The van der Waals surface area contributed by atoms with Crippen molar-refractivity contribution in [2.75, 3.05) is 40.3 Å². The fourth-order valence-corrected chi connectivity index (χ4v) is 2.47. The van der Waals surface area contributed by atoms with Crippen LogP contribution in [0.4, 0.5) is 0 Å². The molecule has 16 heavy (non-hydrogen) atoms. The molecule has 0 bridgehead atoms. The molecule has 4 heteroatoms. The quantitative estimate of drug-likeness (QED) is 0.711. The van der Waals surface area contributed by atoms with Crippen LogP contribution in [0, 0.1) is 0 Å². The summed E-state index contributed by atoms with van der Waals surface area (Å²) in [6.45, 7) is 3.72. The Balaban J connectivity index is 1.83. The van der Waals surface area contributed by atoms with Crippen LogP contribution >= 0.6 is 0 Å². The average Bonchev–Trinajstić information content (AvgIpc) is 2.24. The highest BCUT2D eigenvalue weighted by Gasteiger charge is 2.40. The Bertz CT molecular complexity index is 250. The van der Waals surface area contributed by atoms with Crippen molar-refractivity contribution in [2.24, 2.45) is 0 Å². The van der Waals surface area contributed by atoms with E-state index < -0.39 is 0 Å². The van der Waals surface area contributed by atoms with Crippen molar-refractivity contribution in [2.45, 2.75) is 31.3 Å². The second-order valence-corrected chi connectivity index (χ2v) is 5.10. The van der Waals surface area contributed by atoms with Crippen LogP contribution in [-0.2, 0) is 9.53 Å². The highest BCUT2D eigenvalue weighted by Crippen LogP contribution is 2.38. The van der Waals surface area contributed by atoms with Crippen LogP contribution < -0.4 is 0 Å². The van der Waals surface area contributed by atoms with E-state index in [1.807, 2.05) is 4.90 Å². The second kappa shape index (κ2) is 4.72. The summed E-state index contributed by atoms with van der Waals surface area (Å²) in [6, 6.07) is 0. The van der Waals surface area contributed by atoms with Crippen LogP contribution in [0.5, 0.6) is 0 Å². The molecule has 0 N–H and O–H groups in total. The van der Waals surface area contributed by atoms with Crippen molar-refractivity contribution in [1.29, 1.82) is 0 Å². The maximum atomic E-state index is 12.1. The van der Waals surface area contributed by atoms with Gasteiger partial charge in [0.15, 0.2) is 0 Å². The minimum Gasteiger partial charge on any atom is -0.378 e. The number of nitrogens with zero attached hydrogens (tertiary/aromatic N) is 2. The Morgan fingerprint density at radius 2 is 1.88 bits per heavy atom. The van der Waals surface area contributed by atoms with Gasteiger partial charge in [0.1, 0.15) is 0 Å². The first-order chi connectivity index (χ1) is 7.65. The highest BCUT2D eigenvalue weighted by molar-refractivity contribution is 5.77. The van der Waals surface area contributed by atoms with E-state index in [4.69, 9.17) is 4.74 Å². The molecule has 0 radical (unpaired) electrons. The fourth-order valence-electron chi connectivity index (χ4n) is 2.47. The first-order valence-electron chi connectivity index (χ1n) is 6.17. The zero-order chi connectivity index (χ0) is 11.6. The number of hydrogen-bond acceptors (Lipinski definition) is 3. The smallest absolute Gasteiger partial charge is 0.225 e. The summed E-state index contributed by atoms with van der Waals surface area (Å²) in [7, 11) is 3.83. The zero-order valence-electron chi connectivity index (χ0n) is 10.4. The monoisotopic (exact) mass is 226 g/mol. The van der Waals surface area contributed by atoms with Gasteiger partial charge in [-0.05, 0) is 26.3 Å². The van der Waals surface area contributed by atoms with Crippen molar-refractivity contribution in [3.05, 3.63) is 0 Å². The van der Waals surface area contributed by atoms with E-state index in [0.29, 0.717) is 6.42 Å². The fraction of sp³-hybridized carbons (Fsp3) is 0.917. The van der Waals surface area contributed by atoms with Crippen LogP contribution in [0.2, 0.25) is 0 Å². The van der Waals surface area contributed by atoms with E-state index in [9.17, 15) is 4.79 Å². The number of likely N-dealkylation sites (N-methyl/N-ethyl adjacent to an activating group) is 1. The van der Waals surface area contributed by atoms with Crippen LogP contribution in [0.15, 0.2) is 0 Å². The number of hydrogen-bond donors (Lipinski definition) is 0. The lowest BCUT2D eigenvalue weighted by Gasteiger charge is -2.42. The molecule has 0 spiro atoms. The van der Waals surface area contributed by atoms with Gasteiger partial charge in [0.05, 0.1) is 12.0 Å². The molecule has 1 heterocycles. The number of piperazine rings is 1. The molecule has 2 rings (SSSR count).